The minimum absolute atomic E-state index is 0.0653. The Balaban J connectivity index is 1.58. The highest BCUT2D eigenvalue weighted by Crippen LogP contribution is 2.61. The van der Waals surface area contributed by atoms with Crippen molar-refractivity contribution in [3.05, 3.63) is 43.3 Å². The lowest BCUT2D eigenvalue weighted by molar-refractivity contribution is -0.175. The van der Waals surface area contributed by atoms with E-state index in [1.165, 1.54) is 6.42 Å². The van der Waals surface area contributed by atoms with Gasteiger partial charge in [-0.25, -0.2) is 0 Å². The summed E-state index contributed by atoms with van der Waals surface area (Å²) < 4.78 is 1.14. The van der Waals surface area contributed by atoms with Crippen LogP contribution >= 0.6 is 22.6 Å². The molecule has 2 bridgehead atoms. The van der Waals surface area contributed by atoms with E-state index in [1.54, 1.807) is 12.0 Å². The second kappa shape index (κ2) is 9.93. The molecule has 1 aliphatic heterocycles. The average Bonchev–Trinajstić information content (AvgIpc) is 3.14. The fourth-order valence-electron chi connectivity index (χ4n) is 6.59. The van der Waals surface area contributed by atoms with Gasteiger partial charge in [0.1, 0.15) is 6.04 Å². The highest BCUT2D eigenvalue weighted by atomic mass is 127. The van der Waals surface area contributed by atoms with Gasteiger partial charge in [0.15, 0.2) is 0 Å². The van der Waals surface area contributed by atoms with Crippen molar-refractivity contribution < 1.29 is 14.7 Å². The smallest absolute Gasteiger partial charge is 0.240 e. The first-order chi connectivity index (χ1) is 16.1. The Morgan fingerprint density at radius 2 is 2.18 bits per heavy atom. The van der Waals surface area contributed by atoms with Crippen molar-refractivity contribution in [2.24, 2.45) is 34.2 Å². The molecule has 0 spiro atoms. The van der Waals surface area contributed by atoms with Gasteiger partial charge in [0.2, 0.25) is 5.91 Å². The normalized spacial score (nSPS) is 35.2. The van der Waals surface area contributed by atoms with E-state index in [-0.39, 0.29) is 18.5 Å². The summed E-state index contributed by atoms with van der Waals surface area (Å²) in [6, 6.07) is 5.53. The quantitative estimate of drug-likeness (QED) is 0.213. The third-order valence-corrected chi connectivity index (χ3v) is 10.1. The Bertz CT molecular complexity index is 979. The van der Waals surface area contributed by atoms with Gasteiger partial charge < -0.3 is 10.4 Å². The minimum Gasteiger partial charge on any atom is -0.393 e. The van der Waals surface area contributed by atoms with Gasteiger partial charge in [0.25, 0.3) is 0 Å². The predicted molar refractivity (Wildman–Crippen MR) is 138 cm³/mol. The number of carbonyl (C=O) groups excluding carboxylic acids is 1. The van der Waals surface area contributed by atoms with E-state index in [4.69, 9.17) is 10.4 Å². The van der Waals surface area contributed by atoms with Gasteiger partial charge in [0.05, 0.1) is 25.3 Å². The number of aliphatic hydroxyl groups is 1. The van der Waals surface area contributed by atoms with Crippen LogP contribution in [0.15, 0.2) is 23.3 Å². The number of azide groups is 1. The van der Waals surface area contributed by atoms with Crippen molar-refractivity contribution >= 4 is 28.5 Å². The number of hydroxylamine groups is 2. The molecular formula is C25H36IN5O3. The maximum absolute atomic E-state index is 13.8. The molecule has 8 nitrogen and oxygen atoms in total. The molecule has 4 fully saturated rings. The minimum atomic E-state index is -0.798. The number of halogens is 1. The third-order valence-electron chi connectivity index (χ3n) is 8.91. The Hall–Kier alpha value is -1.39. The summed E-state index contributed by atoms with van der Waals surface area (Å²) in [5.74, 6) is 1.04. The van der Waals surface area contributed by atoms with E-state index in [2.05, 4.69) is 71.7 Å². The molecule has 186 valence electrons. The first-order valence-electron chi connectivity index (χ1n) is 12.2. The first kappa shape index (κ1) is 25.7. The van der Waals surface area contributed by atoms with Crippen LogP contribution in [0.4, 0.5) is 0 Å². The first-order valence-corrected chi connectivity index (χ1v) is 13.3. The zero-order valence-corrected chi connectivity index (χ0v) is 22.8. The molecule has 5 rings (SSSR count). The monoisotopic (exact) mass is 581 g/mol. The molecule has 1 saturated heterocycles. The molecule has 3 aliphatic carbocycles. The fraction of sp³-hybridized carbons (Fsp3) is 0.720. The highest BCUT2D eigenvalue weighted by Gasteiger charge is 2.57. The SMILES string of the molecule is Cc1c(I)cccc1CN1O[C@@H](CN=[N+]=[N-])[C@@H]([C@H](C)O)C1C(=O)NC1C[C@@H]2C[C@H]([C@@H]1C)C2(C)C. The molecule has 2 unspecified atom stereocenters. The summed E-state index contributed by atoms with van der Waals surface area (Å²) in [4.78, 5) is 22.8. The van der Waals surface area contributed by atoms with Gasteiger partial charge in [-0.2, -0.15) is 5.06 Å². The number of nitrogens with zero attached hydrogens (tertiary/aromatic N) is 4. The van der Waals surface area contributed by atoms with Crippen molar-refractivity contribution in [3.8, 4) is 0 Å². The number of nitrogens with one attached hydrogen (secondary N) is 1. The molecule has 9 heteroatoms. The molecule has 1 aromatic rings. The van der Waals surface area contributed by atoms with Crippen molar-refractivity contribution in [1.82, 2.24) is 10.4 Å². The predicted octanol–water partition coefficient (Wildman–Crippen LogP) is 4.58. The lowest BCUT2D eigenvalue weighted by Crippen LogP contribution is -2.62. The summed E-state index contributed by atoms with van der Waals surface area (Å²) in [6.45, 7) is 11.2. The fourth-order valence-corrected chi connectivity index (χ4v) is 7.15. The second-order valence-electron chi connectivity index (χ2n) is 11.0. The van der Waals surface area contributed by atoms with E-state index >= 15 is 0 Å². The van der Waals surface area contributed by atoms with Crippen molar-refractivity contribution in [2.45, 2.75) is 78.3 Å². The van der Waals surface area contributed by atoms with E-state index < -0.39 is 24.2 Å². The van der Waals surface area contributed by atoms with Crippen LogP contribution in [0.5, 0.6) is 0 Å². The molecular weight excluding hydrogens is 545 g/mol. The second-order valence-corrected chi connectivity index (χ2v) is 12.2. The van der Waals surface area contributed by atoms with Gasteiger partial charge in [-0.3, -0.25) is 9.63 Å². The van der Waals surface area contributed by atoms with Gasteiger partial charge >= 0.3 is 0 Å². The topological polar surface area (TPSA) is 111 Å². The van der Waals surface area contributed by atoms with Gasteiger partial charge in [-0.1, -0.05) is 38.0 Å². The highest BCUT2D eigenvalue weighted by molar-refractivity contribution is 14.1. The number of carbonyl (C=O) groups is 1. The molecule has 4 aliphatic rings. The number of fused-ring (bicyclic) bond motifs is 2. The van der Waals surface area contributed by atoms with Crippen LogP contribution in [-0.2, 0) is 16.2 Å². The summed E-state index contributed by atoms with van der Waals surface area (Å²) >= 11 is 2.31. The number of hydrogen-bond acceptors (Lipinski definition) is 5. The van der Waals surface area contributed by atoms with Crippen molar-refractivity contribution in [3.63, 3.8) is 0 Å². The molecule has 0 aromatic heterocycles. The lowest BCUT2D eigenvalue weighted by Gasteiger charge is -2.62. The molecule has 1 heterocycles. The molecule has 2 N–H and O–H groups in total. The van der Waals surface area contributed by atoms with E-state index in [0.29, 0.717) is 29.7 Å². The Morgan fingerprint density at radius 1 is 1.44 bits per heavy atom. The summed E-state index contributed by atoms with van der Waals surface area (Å²) in [5.41, 5.74) is 11.4. The number of aliphatic hydroxyl groups excluding tert-OH is 1. The average molecular weight is 581 g/mol. The van der Waals surface area contributed by atoms with Crippen LogP contribution < -0.4 is 5.32 Å². The lowest BCUT2D eigenvalue weighted by atomic mass is 9.45. The van der Waals surface area contributed by atoms with Crippen LogP contribution in [-0.4, -0.2) is 46.9 Å². The van der Waals surface area contributed by atoms with Crippen LogP contribution in [0.3, 0.4) is 0 Å². The molecule has 1 aromatic carbocycles. The van der Waals surface area contributed by atoms with Crippen LogP contribution in [0.25, 0.3) is 10.4 Å². The summed E-state index contributed by atoms with van der Waals surface area (Å²) in [7, 11) is 0. The van der Waals surface area contributed by atoms with Gasteiger partial charge in [-0.15, -0.1) is 0 Å². The Kier molecular flexibility index (Phi) is 7.51. The number of amides is 1. The standard InChI is InChI=1S/C25H36IN5O3/c1-13-16(7-6-8-19(13)26)12-31-23(22(15(3)32)21(34-31)11-28-30-27)24(33)29-20-10-17-9-18(14(20)2)25(17,4)5/h6-8,14-15,17-18,20-23,32H,9-12H2,1-5H3,(H,29,33)/t14-,15-,17-,18+,20?,21-,22+,23?/m0/s1. The zero-order chi connectivity index (χ0) is 24.8. The molecule has 0 radical (unpaired) electrons. The number of rotatable bonds is 7. The van der Waals surface area contributed by atoms with E-state index in [0.717, 1.165) is 21.1 Å². The molecule has 8 atom stereocenters. The maximum atomic E-state index is 13.8. The summed E-state index contributed by atoms with van der Waals surface area (Å²) in [5, 5.41) is 19.4. The molecule has 34 heavy (non-hydrogen) atoms. The molecule has 1 amide bonds. The molecule has 3 saturated carbocycles. The number of hydrogen-bond donors (Lipinski definition) is 2. The maximum Gasteiger partial charge on any atom is 0.240 e. The van der Waals surface area contributed by atoms with Gasteiger partial charge in [0, 0.05) is 20.4 Å². The third kappa shape index (κ3) is 4.57. The van der Waals surface area contributed by atoms with Crippen LogP contribution in [0.2, 0.25) is 0 Å². The largest absolute Gasteiger partial charge is 0.393 e. The van der Waals surface area contributed by atoms with Gasteiger partial charge in [-0.05, 0) is 95.2 Å². The van der Waals surface area contributed by atoms with E-state index in [1.807, 2.05) is 12.1 Å². The van der Waals surface area contributed by atoms with Crippen molar-refractivity contribution in [2.75, 3.05) is 6.54 Å². The van der Waals surface area contributed by atoms with Crippen LogP contribution in [0.1, 0.15) is 51.7 Å². The number of benzene rings is 1. The summed E-state index contributed by atoms with van der Waals surface area (Å²) in [6.07, 6.45) is 0.871. The zero-order valence-electron chi connectivity index (χ0n) is 20.6. The Labute approximate surface area is 215 Å². The Morgan fingerprint density at radius 3 is 2.79 bits per heavy atom. The van der Waals surface area contributed by atoms with E-state index in [9.17, 15) is 9.90 Å². The van der Waals surface area contributed by atoms with Crippen molar-refractivity contribution in [1.29, 1.82) is 0 Å². The van der Waals surface area contributed by atoms with Crippen LogP contribution in [0, 0.1) is 39.6 Å².